The van der Waals surface area contributed by atoms with Crippen molar-refractivity contribution in [1.29, 1.82) is 0 Å². The molecule has 112 valence electrons. The van der Waals surface area contributed by atoms with E-state index in [0.717, 1.165) is 17.5 Å². The fourth-order valence-corrected chi connectivity index (χ4v) is 2.11. The van der Waals surface area contributed by atoms with E-state index in [-0.39, 0.29) is 17.9 Å². The first-order valence-electron chi connectivity index (χ1n) is 6.97. The van der Waals surface area contributed by atoms with Gasteiger partial charge in [-0.25, -0.2) is 4.39 Å². The molecule has 4 heteroatoms. The maximum atomic E-state index is 13.0. The van der Waals surface area contributed by atoms with Crippen LogP contribution in [-0.4, -0.2) is 11.2 Å². The third kappa shape index (κ3) is 4.12. The number of ether oxygens (including phenoxy) is 1. The zero-order valence-corrected chi connectivity index (χ0v) is 12.4. The van der Waals surface area contributed by atoms with Gasteiger partial charge in [-0.1, -0.05) is 6.07 Å². The van der Waals surface area contributed by atoms with Gasteiger partial charge in [0.1, 0.15) is 17.3 Å². The molecule has 3 nitrogen and oxygen atoms in total. The number of benzene rings is 2. The second kappa shape index (κ2) is 6.48. The minimum absolute atomic E-state index is 0.0465. The quantitative estimate of drug-likeness (QED) is 0.852. The molecule has 0 fully saturated rings. The molecule has 1 atom stereocenters. The van der Waals surface area contributed by atoms with Gasteiger partial charge >= 0.3 is 0 Å². The highest BCUT2D eigenvalue weighted by Crippen LogP contribution is 2.28. The van der Waals surface area contributed by atoms with E-state index < -0.39 is 5.82 Å². The van der Waals surface area contributed by atoms with Crippen LogP contribution in [0.15, 0.2) is 42.5 Å². The Morgan fingerprint density at radius 2 is 1.71 bits per heavy atom. The molecule has 2 N–H and O–H groups in total. The maximum absolute atomic E-state index is 13.0. The van der Waals surface area contributed by atoms with E-state index in [4.69, 9.17) is 4.74 Å². The normalized spacial score (nSPS) is 12.2. The van der Waals surface area contributed by atoms with Crippen molar-refractivity contribution in [2.24, 2.45) is 0 Å². The molecule has 2 aromatic carbocycles. The predicted octanol–water partition coefficient (Wildman–Crippen LogP) is 4.49. The fraction of sp³-hybridized carbons (Fsp3) is 0.294. The number of phenols is 1. The van der Waals surface area contributed by atoms with Gasteiger partial charge in [-0.15, -0.1) is 0 Å². The lowest BCUT2D eigenvalue weighted by Gasteiger charge is -2.17. The molecule has 0 aliphatic heterocycles. The first-order valence-corrected chi connectivity index (χ1v) is 6.97. The van der Waals surface area contributed by atoms with Crippen molar-refractivity contribution in [2.75, 3.05) is 5.32 Å². The van der Waals surface area contributed by atoms with E-state index in [9.17, 15) is 9.50 Å². The Hall–Kier alpha value is -2.23. The SMILES string of the molecule is CC(C)Oc1ccc(NC(C)c2ccc(F)cc2O)cc1. The molecule has 2 aromatic rings. The molecule has 0 heterocycles. The van der Waals surface area contributed by atoms with Crippen LogP contribution in [0, 0.1) is 5.82 Å². The molecule has 0 radical (unpaired) electrons. The van der Waals surface area contributed by atoms with Crippen LogP contribution in [0.4, 0.5) is 10.1 Å². The molecule has 0 saturated carbocycles. The highest BCUT2D eigenvalue weighted by Gasteiger charge is 2.11. The summed E-state index contributed by atoms with van der Waals surface area (Å²) in [4.78, 5) is 0. The second-order valence-corrected chi connectivity index (χ2v) is 5.26. The molecule has 1 unspecified atom stereocenters. The monoisotopic (exact) mass is 289 g/mol. The number of rotatable bonds is 5. The average Bonchev–Trinajstić information content (AvgIpc) is 2.40. The van der Waals surface area contributed by atoms with E-state index in [1.165, 1.54) is 6.07 Å². The molecule has 2 rings (SSSR count). The topological polar surface area (TPSA) is 41.5 Å². The molecule has 0 aliphatic carbocycles. The zero-order chi connectivity index (χ0) is 15.4. The van der Waals surface area contributed by atoms with Gasteiger partial charge in [0, 0.05) is 17.3 Å². The third-order valence-electron chi connectivity index (χ3n) is 3.07. The Kier molecular flexibility index (Phi) is 4.68. The van der Waals surface area contributed by atoms with Gasteiger partial charge in [0.05, 0.1) is 12.1 Å². The van der Waals surface area contributed by atoms with Gasteiger partial charge < -0.3 is 15.2 Å². The molecule has 0 aliphatic rings. The third-order valence-corrected chi connectivity index (χ3v) is 3.07. The summed E-state index contributed by atoms with van der Waals surface area (Å²) >= 11 is 0. The van der Waals surface area contributed by atoms with Crippen LogP contribution in [0.2, 0.25) is 0 Å². The smallest absolute Gasteiger partial charge is 0.126 e. The van der Waals surface area contributed by atoms with E-state index >= 15 is 0 Å². The van der Waals surface area contributed by atoms with E-state index in [1.807, 2.05) is 45.0 Å². The van der Waals surface area contributed by atoms with Crippen molar-refractivity contribution >= 4 is 5.69 Å². The summed E-state index contributed by atoms with van der Waals surface area (Å²) in [7, 11) is 0. The Labute approximate surface area is 124 Å². The van der Waals surface area contributed by atoms with Crippen molar-refractivity contribution in [3.8, 4) is 11.5 Å². The number of hydrogen-bond donors (Lipinski definition) is 2. The van der Waals surface area contributed by atoms with Crippen LogP contribution < -0.4 is 10.1 Å². The lowest BCUT2D eigenvalue weighted by Crippen LogP contribution is -2.08. The number of phenolic OH excluding ortho intramolecular Hbond substituents is 1. The van der Waals surface area contributed by atoms with Crippen molar-refractivity contribution in [3.05, 3.63) is 53.8 Å². The lowest BCUT2D eigenvalue weighted by atomic mass is 10.1. The van der Waals surface area contributed by atoms with Crippen molar-refractivity contribution in [2.45, 2.75) is 32.9 Å². The maximum Gasteiger partial charge on any atom is 0.126 e. The lowest BCUT2D eigenvalue weighted by molar-refractivity contribution is 0.242. The molecular formula is C17H20FNO2. The van der Waals surface area contributed by atoms with Crippen LogP contribution in [0.5, 0.6) is 11.5 Å². The average molecular weight is 289 g/mol. The molecule has 0 bridgehead atoms. The molecule has 21 heavy (non-hydrogen) atoms. The van der Waals surface area contributed by atoms with Gasteiger partial charge in [-0.05, 0) is 51.1 Å². The van der Waals surface area contributed by atoms with E-state index in [1.54, 1.807) is 6.07 Å². The fourth-order valence-electron chi connectivity index (χ4n) is 2.11. The predicted molar refractivity (Wildman–Crippen MR) is 82.3 cm³/mol. The van der Waals surface area contributed by atoms with Crippen LogP contribution in [0.25, 0.3) is 0 Å². The van der Waals surface area contributed by atoms with Gasteiger partial charge in [0.25, 0.3) is 0 Å². The largest absolute Gasteiger partial charge is 0.507 e. The number of halogens is 1. The highest BCUT2D eigenvalue weighted by atomic mass is 19.1. The van der Waals surface area contributed by atoms with Crippen molar-refractivity contribution < 1.29 is 14.2 Å². The van der Waals surface area contributed by atoms with Crippen LogP contribution >= 0.6 is 0 Å². The van der Waals surface area contributed by atoms with Crippen LogP contribution in [-0.2, 0) is 0 Å². The van der Waals surface area contributed by atoms with Gasteiger partial charge in [0.2, 0.25) is 0 Å². The van der Waals surface area contributed by atoms with Gasteiger partial charge in [-0.3, -0.25) is 0 Å². The summed E-state index contributed by atoms with van der Waals surface area (Å²) < 4.78 is 18.6. The van der Waals surface area contributed by atoms with E-state index in [0.29, 0.717) is 5.56 Å². The van der Waals surface area contributed by atoms with Crippen molar-refractivity contribution in [1.82, 2.24) is 0 Å². The zero-order valence-electron chi connectivity index (χ0n) is 12.4. The number of aromatic hydroxyl groups is 1. The Morgan fingerprint density at radius 3 is 2.29 bits per heavy atom. The standard InChI is InChI=1S/C17H20FNO2/c1-11(2)21-15-7-5-14(6-8-15)19-12(3)16-9-4-13(18)10-17(16)20/h4-12,19-20H,1-3H3. The summed E-state index contributed by atoms with van der Waals surface area (Å²) in [6, 6.07) is 11.5. The van der Waals surface area contributed by atoms with Gasteiger partial charge in [0.15, 0.2) is 0 Å². The molecule has 0 aromatic heterocycles. The highest BCUT2D eigenvalue weighted by molar-refractivity contribution is 5.49. The summed E-state index contributed by atoms with van der Waals surface area (Å²) in [6.45, 7) is 5.86. The molecule has 0 spiro atoms. The van der Waals surface area contributed by atoms with Crippen molar-refractivity contribution in [3.63, 3.8) is 0 Å². The number of nitrogens with one attached hydrogen (secondary N) is 1. The van der Waals surface area contributed by atoms with E-state index in [2.05, 4.69) is 5.32 Å². The summed E-state index contributed by atoms with van der Waals surface area (Å²) in [5, 5.41) is 13.0. The Bertz CT molecular complexity index is 596. The molecule has 0 saturated heterocycles. The summed E-state index contributed by atoms with van der Waals surface area (Å²) in [5.41, 5.74) is 1.56. The first-order chi connectivity index (χ1) is 9.95. The Balaban J connectivity index is 2.06. The van der Waals surface area contributed by atoms with Gasteiger partial charge in [-0.2, -0.15) is 0 Å². The molecule has 0 amide bonds. The molecular weight excluding hydrogens is 269 g/mol. The summed E-state index contributed by atoms with van der Waals surface area (Å²) in [6.07, 6.45) is 0.138. The minimum atomic E-state index is -0.446. The van der Waals surface area contributed by atoms with Crippen LogP contribution in [0.1, 0.15) is 32.4 Å². The number of anilines is 1. The second-order valence-electron chi connectivity index (χ2n) is 5.26. The minimum Gasteiger partial charge on any atom is -0.507 e. The van der Waals surface area contributed by atoms with Crippen LogP contribution in [0.3, 0.4) is 0 Å². The first kappa shape index (κ1) is 15.2. The summed E-state index contributed by atoms with van der Waals surface area (Å²) in [5.74, 6) is 0.321. The number of hydrogen-bond acceptors (Lipinski definition) is 3. The Morgan fingerprint density at radius 1 is 1.05 bits per heavy atom.